The average Bonchev–Trinajstić information content (AvgIpc) is 3.06. The van der Waals surface area contributed by atoms with Crippen LogP contribution >= 0.6 is 11.8 Å². The smallest absolute Gasteiger partial charge is 0.313 e. The lowest BCUT2D eigenvalue weighted by Gasteiger charge is -2.05. The van der Waals surface area contributed by atoms with Gasteiger partial charge in [0.05, 0.1) is 5.75 Å². The molecule has 1 amide bonds. The van der Waals surface area contributed by atoms with E-state index < -0.39 is 5.97 Å². The largest absolute Gasteiger partial charge is 0.481 e. The summed E-state index contributed by atoms with van der Waals surface area (Å²) in [5, 5.41) is 20.3. The van der Waals surface area contributed by atoms with Gasteiger partial charge in [-0.15, -0.1) is 10.2 Å². The van der Waals surface area contributed by atoms with E-state index in [0.29, 0.717) is 16.7 Å². The van der Waals surface area contributed by atoms with Gasteiger partial charge in [-0.05, 0) is 35.9 Å². The summed E-state index contributed by atoms with van der Waals surface area (Å²) in [4.78, 5) is 22.7. The Hall–Kier alpha value is -3.39. The molecule has 0 aliphatic heterocycles. The first kappa shape index (κ1) is 19.4. The molecule has 0 spiro atoms. The molecule has 142 valence electrons. The molecule has 0 saturated carbocycles. The van der Waals surface area contributed by atoms with Crippen molar-refractivity contribution in [3.05, 3.63) is 66.2 Å². The van der Waals surface area contributed by atoms with Gasteiger partial charge in [0.1, 0.15) is 0 Å². The van der Waals surface area contributed by atoms with Crippen molar-refractivity contribution < 1.29 is 14.7 Å². The topological polar surface area (TPSA) is 97.1 Å². The van der Waals surface area contributed by atoms with Crippen LogP contribution in [0.4, 0.5) is 5.69 Å². The van der Waals surface area contributed by atoms with Gasteiger partial charge < -0.3 is 15.0 Å². The number of thioether (sulfide) groups is 1. The highest BCUT2D eigenvalue weighted by molar-refractivity contribution is 7.99. The SMILES string of the molecule is Cn1c(SCC(=O)O)nnc1-c1ccc(NC(=O)/C=C/c2ccccc2)cc1. The molecule has 0 aliphatic rings. The summed E-state index contributed by atoms with van der Waals surface area (Å²) >= 11 is 1.11. The van der Waals surface area contributed by atoms with E-state index in [-0.39, 0.29) is 11.7 Å². The number of rotatable bonds is 7. The summed E-state index contributed by atoms with van der Waals surface area (Å²) in [6.45, 7) is 0. The maximum absolute atomic E-state index is 12.0. The zero-order valence-corrected chi connectivity index (χ0v) is 15.9. The van der Waals surface area contributed by atoms with Crippen LogP contribution in [0.5, 0.6) is 0 Å². The van der Waals surface area contributed by atoms with Crippen molar-refractivity contribution in [1.82, 2.24) is 14.8 Å². The number of anilines is 1. The third-order valence-corrected chi connectivity index (χ3v) is 4.80. The number of carboxylic acids is 1. The van der Waals surface area contributed by atoms with Crippen molar-refractivity contribution in [1.29, 1.82) is 0 Å². The minimum absolute atomic E-state index is 0.0760. The molecular formula is C20H18N4O3S. The lowest BCUT2D eigenvalue weighted by atomic mass is 10.2. The van der Waals surface area contributed by atoms with E-state index >= 15 is 0 Å². The maximum atomic E-state index is 12.0. The number of nitrogens with zero attached hydrogens (tertiary/aromatic N) is 3. The van der Waals surface area contributed by atoms with Crippen LogP contribution in [0.25, 0.3) is 17.5 Å². The monoisotopic (exact) mass is 394 g/mol. The summed E-state index contributed by atoms with van der Waals surface area (Å²) < 4.78 is 1.74. The molecule has 28 heavy (non-hydrogen) atoms. The second-order valence-electron chi connectivity index (χ2n) is 5.86. The minimum Gasteiger partial charge on any atom is -0.481 e. The Bertz CT molecular complexity index is 998. The molecule has 3 rings (SSSR count). The van der Waals surface area contributed by atoms with E-state index in [1.807, 2.05) is 42.5 Å². The number of amides is 1. The molecule has 1 heterocycles. The van der Waals surface area contributed by atoms with Gasteiger partial charge in [0.15, 0.2) is 11.0 Å². The van der Waals surface area contributed by atoms with Gasteiger partial charge in [0, 0.05) is 24.4 Å². The first-order chi connectivity index (χ1) is 13.5. The molecule has 8 heteroatoms. The summed E-state index contributed by atoms with van der Waals surface area (Å²) in [7, 11) is 1.78. The molecule has 2 aromatic carbocycles. The number of benzene rings is 2. The van der Waals surface area contributed by atoms with Crippen LogP contribution in [0.1, 0.15) is 5.56 Å². The van der Waals surface area contributed by atoms with Crippen molar-refractivity contribution in [2.24, 2.45) is 7.05 Å². The van der Waals surface area contributed by atoms with Crippen LogP contribution in [-0.2, 0) is 16.6 Å². The molecule has 0 radical (unpaired) electrons. The zero-order chi connectivity index (χ0) is 19.9. The van der Waals surface area contributed by atoms with Gasteiger partial charge in [-0.1, -0.05) is 42.1 Å². The molecule has 3 aromatic rings. The first-order valence-corrected chi connectivity index (χ1v) is 9.40. The van der Waals surface area contributed by atoms with E-state index in [1.54, 1.807) is 29.8 Å². The fourth-order valence-electron chi connectivity index (χ4n) is 2.44. The summed E-state index contributed by atoms with van der Waals surface area (Å²) in [5.41, 5.74) is 2.43. The minimum atomic E-state index is -0.907. The number of carboxylic acid groups (broad SMARTS) is 1. The van der Waals surface area contributed by atoms with Gasteiger partial charge in [0.2, 0.25) is 5.91 Å². The van der Waals surface area contributed by atoms with Crippen LogP contribution < -0.4 is 5.32 Å². The highest BCUT2D eigenvalue weighted by Gasteiger charge is 2.12. The molecule has 0 unspecified atom stereocenters. The van der Waals surface area contributed by atoms with E-state index in [2.05, 4.69) is 15.5 Å². The van der Waals surface area contributed by atoms with Crippen LogP contribution in [0.3, 0.4) is 0 Å². The van der Waals surface area contributed by atoms with Gasteiger partial charge >= 0.3 is 5.97 Å². The van der Waals surface area contributed by atoms with Crippen molar-refractivity contribution >= 4 is 35.4 Å². The summed E-state index contributed by atoms with van der Waals surface area (Å²) in [6, 6.07) is 16.8. The Morgan fingerprint density at radius 3 is 2.50 bits per heavy atom. The van der Waals surface area contributed by atoms with Crippen LogP contribution in [0.15, 0.2) is 65.8 Å². The zero-order valence-electron chi connectivity index (χ0n) is 15.1. The molecule has 0 fully saturated rings. The number of aromatic nitrogens is 3. The third kappa shape index (κ3) is 5.08. The van der Waals surface area contributed by atoms with E-state index in [9.17, 15) is 9.59 Å². The molecule has 0 bridgehead atoms. The van der Waals surface area contributed by atoms with Gasteiger partial charge in [-0.2, -0.15) is 0 Å². The Labute approximate surface area is 166 Å². The summed E-state index contributed by atoms with van der Waals surface area (Å²) in [6.07, 6.45) is 3.23. The Morgan fingerprint density at radius 2 is 1.82 bits per heavy atom. The van der Waals surface area contributed by atoms with Crippen molar-refractivity contribution in [2.75, 3.05) is 11.1 Å². The van der Waals surface area contributed by atoms with Gasteiger partial charge in [0.25, 0.3) is 0 Å². The lowest BCUT2D eigenvalue weighted by Crippen LogP contribution is -2.07. The molecule has 7 nitrogen and oxygen atoms in total. The standard InChI is InChI=1S/C20H18N4O3S/c1-24-19(22-23-20(24)28-13-18(26)27)15-8-10-16(11-9-15)21-17(25)12-7-14-5-3-2-4-6-14/h2-12H,13H2,1H3,(H,21,25)(H,26,27)/b12-7+. The Morgan fingerprint density at radius 1 is 1.11 bits per heavy atom. The van der Waals surface area contributed by atoms with Gasteiger partial charge in [-0.3, -0.25) is 9.59 Å². The fourth-order valence-corrected chi connectivity index (χ4v) is 3.07. The fraction of sp³-hybridized carbons (Fsp3) is 0.100. The third-order valence-electron chi connectivity index (χ3n) is 3.80. The van der Waals surface area contributed by atoms with E-state index in [0.717, 1.165) is 22.9 Å². The number of nitrogens with one attached hydrogen (secondary N) is 1. The number of carbonyl (C=O) groups excluding carboxylic acids is 1. The van der Waals surface area contributed by atoms with Gasteiger partial charge in [-0.25, -0.2) is 0 Å². The predicted octanol–water partition coefficient (Wildman–Crippen LogP) is 3.31. The highest BCUT2D eigenvalue weighted by Crippen LogP contribution is 2.23. The van der Waals surface area contributed by atoms with E-state index in [4.69, 9.17) is 5.11 Å². The molecule has 1 aromatic heterocycles. The van der Waals surface area contributed by atoms with Crippen molar-refractivity contribution in [3.63, 3.8) is 0 Å². The molecule has 0 aliphatic carbocycles. The molecule has 2 N–H and O–H groups in total. The number of hydrogen-bond acceptors (Lipinski definition) is 5. The van der Waals surface area contributed by atoms with Crippen molar-refractivity contribution in [2.45, 2.75) is 5.16 Å². The van der Waals surface area contributed by atoms with Crippen LogP contribution in [0.2, 0.25) is 0 Å². The predicted molar refractivity (Wildman–Crippen MR) is 109 cm³/mol. The molecule has 0 atom stereocenters. The average molecular weight is 394 g/mol. The van der Waals surface area contributed by atoms with Crippen molar-refractivity contribution in [3.8, 4) is 11.4 Å². The normalized spacial score (nSPS) is 10.9. The number of hydrogen-bond donors (Lipinski definition) is 2. The quantitative estimate of drug-likeness (QED) is 0.471. The number of carbonyl (C=O) groups is 2. The first-order valence-electron chi connectivity index (χ1n) is 8.41. The van der Waals surface area contributed by atoms with Crippen LogP contribution in [0, 0.1) is 0 Å². The maximum Gasteiger partial charge on any atom is 0.313 e. The molecule has 0 saturated heterocycles. The van der Waals surface area contributed by atoms with Crippen LogP contribution in [-0.4, -0.2) is 37.5 Å². The second kappa shape index (κ2) is 9.01. The number of aliphatic carboxylic acids is 1. The lowest BCUT2D eigenvalue weighted by molar-refractivity contribution is -0.133. The highest BCUT2D eigenvalue weighted by atomic mass is 32.2. The summed E-state index contributed by atoms with van der Waals surface area (Å²) in [5.74, 6) is -0.582. The molecular weight excluding hydrogens is 376 g/mol. The Kier molecular flexibility index (Phi) is 6.23. The van der Waals surface area contributed by atoms with E-state index in [1.165, 1.54) is 6.08 Å². The second-order valence-corrected chi connectivity index (χ2v) is 6.80. The Balaban J connectivity index is 1.64.